The quantitative estimate of drug-likeness (QED) is 0.615. The van der Waals surface area contributed by atoms with Gasteiger partial charge in [0.2, 0.25) is 11.8 Å². The molecule has 0 spiro atoms. The lowest BCUT2D eigenvalue weighted by molar-refractivity contribution is -0.135. The molecule has 6 heteroatoms. The Hall–Kier alpha value is -2.21. The van der Waals surface area contributed by atoms with Gasteiger partial charge in [-0.15, -0.1) is 0 Å². The number of imide groups is 1. The fourth-order valence-corrected chi connectivity index (χ4v) is 2.01. The second kappa shape index (κ2) is 6.29. The third-order valence-electron chi connectivity index (χ3n) is 2.87. The van der Waals surface area contributed by atoms with Gasteiger partial charge in [-0.2, -0.15) is 0 Å². The molecule has 0 bridgehead atoms. The van der Waals surface area contributed by atoms with Crippen LogP contribution < -0.4 is 10.1 Å². The Balaban J connectivity index is 1.97. The fourth-order valence-electron chi connectivity index (χ4n) is 2.01. The van der Waals surface area contributed by atoms with Crippen LogP contribution in [0.3, 0.4) is 0 Å². The van der Waals surface area contributed by atoms with E-state index >= 15 is 0 Å². The van der Waals surface area contributed by atoms with Crippen molar-refractivity contribution in [1.29, 1.82) is 0 Å². The normalized spacial score (nSPS) is 15.8. The Morgan fingerprint density at radius 2 is 1.80 bits per heavy atom. The van der Waals surface area contributed by atoms with Gasteiger partial charge in [0.1, 0.15) is 5.75 Å². The predicted octanol–water partition coefficient (Wildman–Crippen LogP) is 0.226. The van der Waals surface area contributed by atoms with Crippen LogP contribution in [-0.4, -0.2) is 48.7 Å². The molecular weight excluding hydrogens is 260 g/mol. The van der Waals surface area contributed by atoms with E-state index < -0.39 is 0 Å². The molecule has 0 atom stereocenters. The minimum Gasteiger partial charge on any atom is -0.494 e. The molecule has 1 heterocycles. The lowest BCUT2D eigenvalue weighted by atomic mass is 10.1. The summed E-state index contributed by atoms with van der Waals surface area (Å²) in [7, 11) is 0. The van der Waals surface area contributed by atoms with E-state index in [-0.39, 0.29) is 37.2 Å². The molecule has 0 aromatic heterocycles. The van der Waals surface area contributed by atoms with E-state index in [1.165, 1.54) is 4.90 Å². The summed E-state index contributed by atoms with van der Waals surface area (Å²) >= 11 is 0. The Labute approximate surface area is 116 Å². The summed E-state index contributed by atoms with van der Waals surface area (Å²) in [5.74, 6) is -0.173. The number of ketones is 1. The molecule has 2 amide bonds. The zero-order valence-corrected chi connectivity index (χ0v) is 11.2. The number of carbonyl (C=O) groups is 3. The van der Waals surface area contributed by atoms with Crippen LogP contribution in [0, 0.1) is 0 Å². The van der Waals surface area contributed by atoms with Gasteiger partial charge in [0.05, 0.1) is 26.2 Å². The second-order valence-electron chi connectivity index (χ2n) is 4.50. The maximum Gasteiger partial charge on any atom is 0.240 e. The number of carbonyl (C=O) groups excluding carboxylic acids is 3. The highest BCUT2D eigenvalue weighted by atomic mass is 16.5. The van der Waals surface area contributed by atoms with Crippen molar-refractivity contribution in [3.05, 3.63) is 29.8 Å². The molecule has 1 aliphatic heterocycles. The maximum atomic E-state index is 12.1. The summed E-state index contributed by atoms with van der Waals surface area (Å²) in [4.78, 5) is 36.0. The molecule has 1 saturated heterocycles. The van der Waals surface area contributed by atoms with Crippen molar-refractivity contribution in [2.75, 3.05) is 26.2 Å². The summed E-state index contributed by atoms with van der Waals surface area (Å²) in [6.45, 7) is 2.63. The first-order valence-electron chi connectivity index (χ1n) is 6.39. The highest BCUT2D eigenvalue weighted by Gasteiger charge is 2.24. The van der Waals surface area contributed by atoms with Gasteiger partial charge in [-0.05, 0) is 31.2 Å². The molecule has 2 rings (SSSR count). The zero-order valence-electron chi connectivity index (χ0n) is 11.2. The van der Waals surface area contributed by atoms with Gasteiger partial charge >= 0.3 is 0 Å². The van der Waals surface area contributed by atoms with E-state index in [1.54, 1.807) is 24.3 Å². The van der Waals surface area contributed by atoms with Crippen LogP contribution in [0.15, 0.2) is 24.3 Å². The van der Waals surface area contributed by atoms with Gasteiger partial charge < -0.3 is 4.74 Å². The minimum atomic E-state index is -0.374. The predicted molar refractivity (Wildman–Crippen MR) is 71.5 cm³/mol. The molecule has 106 valence electrons. The van der Waals surface area contributed by atoms with Crippen LogP contribution in [-0.2, 0) is 9.59 Å². The molecular formula is C14H16N2O4. The van der Waals surface area contributed by atoms with Gasteiger partial charge in [-0.1, -0.05) is 0 Å². The number of Topliss-reactive ketones (excluding diaryl/α,β-unsaturated/α-hetero) is 1. The first kappa shape index (κ1) is 14.2. The molecule has 1 aromatic carbocycles. The van der Waals surface area contributed by atoms with Gasteiger partial charge in [0.15, 0.2) is 5.78 Å². The number of nitrogens with one attached hydrogen (secondary N) is 1. The summed E-state index contributed by atoms with van der Waals surface area (Å²) < 4.78 is 5.30. The summed E-state index contributed by atoms with van der Waals surface area (Å²) in [6.07, 6.45) is 0. The van der Waals surface area contributed by atoms with Crippen LogP contribution in [0.1, 0.15) is 17.3 Å². The summed E-state index contributed by atoms with van der Waals surface area (Å²) in [5.41, 5.74) is 0.534. The minimum absolute atomic E-state index is 0.0488. The molecule has 20 heavy (non-hydrogen) atoms. The average molecular weight is 276 g/mol. The van der Waals surface area contributed by atoms with E-state index in [2.05, 4.69) is 5.32 Å². The second-order valence-corrected chi connectivity index (χ2v) is 4.50. The SMILES string of the molecule is CCOc1ccc(C(=O)CN2CC(=O)NC(=O)C2)cc1. The third-order valence-corrected chi connectivity index (χ3v) is 2.87. The molecule has 1 aromatic rings. The van der Waals surface area contributed by atoms with Crippen LogP contribution >= 0.6 is 0 Å². The smallest absolute Gasteiger partial charge is 0.240 e. The standard InChI is InChI=1S/C14H16N2O4/c1-2-20-11-5-3-10(4-6-11)12(17)7-16-8-13(18)15-14(19)9-16/h3-6H,2,7-9H2,1H3,(H,15,18,19). The van der Waals surface area contributed by atoms with Crippen LogP contribution in [0.25, 0.3) is 0 Å². The maximum absolute atomic E-state index is 12.1. The van der Waals surface area contributed by atoms with E-state index in [0.717, 1.165) is 0 Å². The summed E-state index contributed by atoms with van der Waals surface area (Å²) in [6, 6.07) is 6.81. The molecule has 1 aliphatic rings. The first-order chi connectivity index (χ1) is 9.58. The van der Waals surface area contributed by atoms with Crippen molar-refractivity contribution in [2.45, 2.75) is 6.92 Å². The van der Waals surface area contributed by atoms with E-state index in [9.17, 15) is 14.4 Å². The largest absolute Gasteiger partial charge is 0.494 e. The number of amides is 2. The van der Waals surface area contributed by atoms with Crippen LogP contribution in [0.5, 0.6) is 5.75 Å². The molecule has 0 saturated carbocycles. The van der Waals surface area contributed by atoms with Crippen molar-refractivity contribution in [2.24, 2.45) is 0 Å². The lowest BCUT2D eigenvalue weighted by Gasteiger charge is -2.24. The average Bonchev–Trinajstić information content (AvgIpc) is 2.38. The lowest BCUT2D eigenvalue weighted by Crippen LogP contribution is -2.52. The van der Waals surface area contributed by atoms with Crippen LogP contribution in [0.4, 0.5) is 0 Å². The molecule has 0 aliphatic carbocycles. The van der Waals surface area contributed by atoms with Gasteiger partial charge in [-0.3, -0.25) is 24.6 Å². The molecule has 1 N–H and O–H groups in total. The van der Waals surface area contributed by atoms with Crippen molar-refractivity contribution in [3.8, 4) is 5.75 Å². The number of ether oxygens (including phenoxy) is 1. The Morgan fingerprint density at radius 3 is 2.35 bits per heavy atom. The monoisotopic (exact) mass is 276 g/mol. The van der Waals surface area contributed by atoms with Gasteiger partial charge in [0.25, 0.3) is 0 Å². The number of piperazine rings is 1. The van der Waals surface area contributed by atoms with E-state index in [1.807, 2.05) is 6.92 Å². The fraction of sp³-hybridized carbons (Fsp3) is 0.357. The van der Waals surface area contributed by atoms with Crippen LogP contribution in [0.2, 0.25) is 0 Å². The number of hydrogen-bond acceptors (Lipinski definition) is 5. The van der Waals surface area contributed by atoms with Gasteiger partial charge in [0, 0.05) is 5.56 Å². The number of rotatable bonds is 5. The highest BCUT2D eigenvalue weighted by Crippen LogP contribution is 2.13. The Bertz CT molecular complexity index is 508. The Kier molecular flexibility index (Phi) is 4.47. The third kappa shape index (κ3) is 3.64. The molecule has 6 nitrogen and oxygen atoms in total. The first-order valence-corrected chi connectivity index (χ1v) is 6.39. The number of benzene rings is 1. The molecule has 0 radical (unpaired) electrons. The van der Waals surface area contributed by atoms with Crippen molar-refractivity contribution in [3.63, 3.8) is 0 Å². The Morgan fingerprint density at radius 1 is 1.20 bits per heavy atom. The van der Waals surface area contributed by atoms with Crippen molar-refractivity contribution >= 4 is 17.6 Å². The molecule has 1 fully saturated rings. The number of hydrogen-bond donors (Lipinski definition) is 1. The van der Waals surface area contributed by atoms with E-state index in [0.29, 0.717) is 17.9 Å². The van der Waals surface area contributed by atoms with Crippen molar-refractivity contribution in [1.82, 2.24) is 10.2 Å². The zero-order chi connectivity index (χ0) is 14.5. The topological polar surface area (TPSA) is 75.7 Å². The number of nitrogens with zero attached hydrogens (tertiary/aromatic N) is 1. The molecule has 0 unspecified atom stereocenters. The van der Waals surface area contributed by atoms with E-state index in [4.69, 9.17) is 4.74 Å². The van der Waals surface area contributed by atoms with Crippen molar-refractivity contribution < 1.29 is 19.1 Å². The highest BCUT2D eigenvalue weighted by molar-refractivity contribution is 6.01. The summed E-state index contributed by atoms with van der Waals surface area (Å²) in [5, 5.41) is 2.20. The van der Waals surface area contributed by atoms with Gasteiger partial charge in [-0.25, -0.2) is 0 Å².